The van der Waals surface area contributed by atoms with E-state index in [1.165, 1.54) is 29.7 Å². The molecule has 0 radical (unpaired) electrons. The molecule has 0 saturated carbocycles. The van der Waals surface area contributed by atoms with Crippen molar-refractivity contribution in [1.29, 1.82) is 0 Å². The quantitative estimate of drug-likeness (QED) is 0.896. The van der Waals surface area contributed by atoms with E-state index in [0.29, 0.717) is 12.0 Å². The number of hydrogen-bond donors (Lipinski definition) is 1. The summed E-state index contributed by atoms with van der Waals surface area (Å²) in [5.74, 6) is 0.522. The van der Waals surface area contributed by atoms with E-state index >= 15 is 0 Å². The van der Waals surface area contributed by atoms with Crippen molar-refractivity contribution >= 4 is 5.69 Å². The van der Waals surface area contributed by atoms with Gasteiger partial charge in [0.05, 0.1) is 0 Å². The Kier molecular flexibility index (Phi) is 4.28. The average Bonchev–Trinajstić information content (AvgIpc) is 2.88. The van der Waals surface area contributed by atoms with Gasteiger partial charge >= 0.3 is 0 Å². The van der Waals surface area contributed by atoms with Gasteiger partial charge in [-0.3, -0.25) is 0 Å². The summed E-state index contributed by atoms with van der Waals surface area (Å²) < 4.78 is 13.3. The number of halogens is 1. The second-order valence-electron chi connectivity index (χ2n) is 8.03. The molecule has 2 heterocycles. The van der Waals surface area contributed by atoms with E-state index in [9.17, 15) is 4.39 Å². The third kappa shape index (κ3) is 3.18. The summed E-state index contributed by atoms with van der Waals surface area (Å²) in [5.41, 5.74) is 3.92. The Hall–Kier alpha value is -1.87. The molecular weight excluding hydrogens is 311 g/mol. The normalized spacial score (nSPS) is 28.8. The first-order valence-electron chi connectivity index (χ1n) is 9.36. The Bertz CT molecular complexity index is 742. The minimum atomic E-state index is -0.159. The molecule has 0 bridgehead atoms. The van der Waals surface area contributed by atoms with Crippen LogP contribution < -0.4 is 10.2 Å². The minimum Gasteiger partial charge on any atom is -0.362 e. The summed E-state index contributed by atoms with van der Waals surface area (Å²) in [7, 11) is 0. The fourth-order valence-electron chi connectivity index (χ4n) is 5.00. The SMILES string of the molecule is Cc1cccc(N2[C@H]3CCNC[C@H]3C[C@@]2(C)Cc2ccc(F)cc2)c1. The number of rotatable bonds is 3. The third-order valence-electron chi connectivity index (χ3n) is 5.96. The molecule has 0 amide bonds. The number of aryl methyl sites for hydroxylation is 1. The van der Waals surface area contributed by atoms with Crippen LogP contribution in [-0.2, 0) is 6.42 Å². The highest BCUT2D eigenvalue weighted by Gasteiger charge is 2.49. The molecule has 2 nitrogen and oxygen atoms in total. The van der Waals surface area contributed by atoms with Crippen LogP contribution in [-0.4, -0.2) is 24.7 Å². The van der Waals surface area contributed by atoms with Crippen LogP contribution in [0.1, 0.15) is 30.9 Å². The van der Waals surface area contributed by atoms with Crippen LogP contribution in [0.15, 0.2) is 48.5 Å². The lowest BCUT2D eigenvalue weighted by Crippen LogP contribution is -2.50. The van der Waals surface area contributed by atoms with Gasteiger partial charge < -0.3 is 10.2 Å². The van der Waals surface area contributed by atoms with Gasteiger partial charge in [-0.05, 0) is 81.0 Å². The monoisotopic (exact) mass is 338 g/mol. The van der Waals surface area contributed by atoms with Crippen molar-refractivity contribution in [2.45, 2.75) is 44.7 Å². The van der Waals surface area contributed by atoms with E-state index in [4.69, 9.17) is 0 Å². The molecule has 3 heteroatoms. The molecule has 0 unspecified atom stereocenters. The molecule has 25 heavy (non-hydrogen) atoms. The van der Waals surface area contributed by atoms with Crippen molar-refractivity contribution in [3.8, 4) is 0 Å². The lowest BCUT2D eigenvalue weighted by atomic mass is 9.86. The van der Waals surface area contributed by atoms with E-state index in [-0.39, 0.29) is 11.4 Å². The molecule has 2 aromatic rings. The summed E-state index contributed by atoms with van der Waals surface area (Å²) in [4.78, 5) is 2.68. The number of nitrogens with zero attached hydrogens (tertiary/aromatic N) is 1. The van der Waals surface area contributed by atoms with E-state index < -0.39 is 0 Å². The van der Waals surface area contributed by atoms with E-state index in [1.54, 1.807) is 12.1 Å². The molecule has 1 N–H and O–H groups in total. The molecule has 2 saturated heterocycles. The van der Waals surface area contributed by atoms with Gasteiger partial charge in [0.15, 0.2) is 0 Å². The Labute approximate surface area is 150 Å². The van der Waals surface area contributed by atoms with Gasteiger partial charge in [-0.15, -0.1) is 0 Å². The summed E-state index contributed by atoms with van der Waals surface area (Å²) in [5, 5.41) is 3.57. The predicted octanol–water partition coefficient (Wildman–Crippen LogP) is 4.32. The number of anilines is 1. The van der Waals surface area contributed by atoms with Crippen molar-refractivity contribution in [2.75, 3.05) is 18.0 Å². The first-order chi connectivity index (χ1) is 12.0. The van der Waals surface area contributed by atoms with Crippen molar-refractivity contribution < 1.29 is 4.39 Å². The lowest BCUT2D eigenvalue weighted by molar-refractivity contribution is 0.358. The second kappa shape index (κ2) is 6.45. The van der Waals surface area contributed by atoms with Crippen LogP contribution >= 0.6 is 0 Å². The van der Waals surface area contributed by atoms with Gasteiger partial charge in [-0.25, -0.2) is 4.39 Å². The maximum atomic E-state index is 13.3. The molecule has 2 aliphatic rings. The summed E-state index contributed by atoms with van der Waals surface area (Å²) in [6, 6.07) is 16.5. The molecule has 0 aliphatic carbocycles. The number of nitrogens with one attached hydrogen (secondary N) is 1. The predicted molar refractivity (Wildman–Crippen MR) is 102 cm³/mol. The maximum Gasteiger partial charge on any atom is 0.123 e. The van der Waals surface area contributed by atoms with E-state index in [1.807, 2.05) is 12.1 Å². The topological polar surface area (TPSA) is 15.3 Å². The van der Waals surface area contributed by atoms with Gasteiger partial charge in [0.25, 0.3) is 0 Å². The molecule has 2 fully saturated rings. The fraction of sp³-hybridized carbons (Fsp3) is 0.455. The van der Waals surface area contributed by atoms with Gasteiger partial charge in [-0.1, -0.05) is 24.3 Å². The molecular formula is C22H27FN2. The highest BCUT2D eigenvalue weighted by atomic mass is 19.1. The average molecular weight is 338 g/mol. The Morgan fingerprint density at radius 1 is 1.20 bits per heavy atom. The molecule has 132 valence electrons. The zero-order chi connectivity index (χ0) is 17.4. The largest absolute Gasteiger partial charge is 0.362 e. The molecule has 4 rings (SSSR count). The van der Waals surface area contributed by atoms with Crippen LogP contribution in [0.25, 0.3) is 0 Å². The Balaban J connectivity index is 1.71. The summed E-state index contributed by atoms with van der Waals surface area (Å²) >= 11 is 0. The van der Waals surface area contributed by atoms with Crippen LogP contribution in [0.4, 0.5) is 10.1 Å². The van der Waals surface area contributed by atoms with Crippen molar-refractivity contribution in [3.63, 3.8) is 0 Å². The molecule has 0 spiro atoms. The van der Waals surface area contributed by atoms with Gasteiger partial charge in [0.1, 0.15) is 5.82 Å². The highest BCUT2D eigenvalue weighted by Crippen LogP contribution is 2.45. The molecule has 2 aromatic carbocycles. The minimum absolute atomic E-state index is 0.0625. The van der Waals surface area contributed by atoms with E-state index in [0.717, 1.165) is 19.5 Å². The zero-order valence-electron chi connectivity index (χ0n) is 15.1. The maximum absolute atomic E-state index is 13.3. The second-order valence-corrected chi connectivity index (χ2v) is 8.03. The van der Waals surface area contributed by atoms with Crippen molar-refractivity contribution in [2.24, 2.45) is 5.92 Å². The van der Waals surface area contributed by atoms with Crippen LogP contribution in [0.5, 0.6) is 0 Å². The van der Waals surface area contributed by atoms with Gasteiger partial charge in [0.2, 0.25) is 0 Å². The number of benzene rings is 2. The Morgan fingerprint density at radius 2 is 2.00 bits per heavy atom. The van der Waals surface area contributed by atoms with Gasteiger partial charge in [0, 0.05) is 23.8 Å². The molecule has 3 atom stereocenters. The van der Waals surface area contributed by atoms with Crippen molar-refractivity contribution in [1.82, 2.24) is 5.32 Å². The summed E-state index contributed by atoms with van der Waals surface area (Å²) in [6.07, 6.45) is 3.32. The molecule has 0 aromatic heterocycles. The first-order valence-corrected chi connectivity index (χ1v) is 9.36. The number of hydrogen-bond acceptors (Lipinski definition) is 2. The number of fused-ring (bicyclic) bond motifs is 1. The third-order valence-corrected chi connectivity index (χ3v) is 5.96. The Morgan fingerprint density at radius 3 is 2.76 bits per heavy atom. The number of piperidine rings is 1. The van der Waals surface area contributed by atoms with Gasteiger partial charge in [-0.2, -0.15) is 0 Å². The summed E-state index contributed by atoms with van der Waals surface area (Å²) in [6.45, 7) is 6.75. The first kappa shape index (κ1) is 16.6. The van der Waals surface area contributed by atoms with Crippen molar-refractivity contribution in [3.05, 3.63) is 65.5 Å². The van der Waals surface area contributed by atoms with Crippen LogP contribution in [0, 0.1) is 18.7 Å². The lowest BCUT2D eigenvalue weighted by Gasteiger charge is -2.42. The molecule has 2 aliphatic heterocycles. The van der Waals surface area contributed by atoms with E-state index in [2.05, 4.69) is 48.3 Å². The van der Waals surface area contributed by atoms with Crippen LogP contribution in [0.3, 0.4) is 0 Å². The zero-order valence-corrected chi connectivity index (χ0v) is 15.1. The standard InChI is InChI=1S/C22H27FN2/c1-16-4-3-5-20(12-16)25-21-10-11-24-15-18(21)14-22(25,2)13-17-6-8-19(23)9-7-17/h3-9,12,18,21,24H,10-11,13-15H2,1-2H3/t18-,21+,22-/m1/s1. The fourth-order valence-corrected chi connectivity index (χ4v) is 5.00. The van der Waals surface area contributed by atoms with Crippen LogP contribution in [0.2, 0.25) is 0 Å². The smallest absolute Gasteiger partial charge is 0.123 e. The highest BCUT2D eigenvalue weighted by molar-refractivity contribution is 5.54.